The van der Waals surface area contributed by atoms with Crippen LogP contribution in [0.3, 0.4) is 0 Å². The van der Waals surface area contributed by atoms with Crippen molar-refractivity contribution in [2.24, 2.45) is 0 Å². The predicted octanol–water partition coefficient (Wildman–Crippen LogP) is 5.97. The molecule has 0 spiro atoms. The Kier molecular flexibility index (Phi) is 6.70. The minimum atomic E-state index is 0.431. The lowest BCUT2D eigenvalue weighted by atomic mass is 10.2. The number of rotatable bonds is 8. The highest BCUT2D eigenvalue weighted by atomic mass is 15.1. The van der Waals surface area contributed by atoms with Crippen LogP contribution in [0.5, 0.6) is 0 Å². The molecular formula is C42H31N5. The molecule has 1 aliphatic carbocycles. The lowest BCUT2D eigenvalue weighted by Gasteiger charge is -2.14. The maximum absolute atomic E-state index is 5.26. The molecular weight excluding hydrogens is 574 g/mol. The van der Waals surface area contributed by atoms with Gasteiger partial charge in [-0.25, -0.2) is 9.97 Å². The first kappa shape index (κ1) is 28.1. The predicted molar refractivity (Wildman–Crippen MR) is 196 cm³/mol. The van der Waals surface area contributed by atoms with Crippen LogP contribution in [0.4, 0.5) is 0 Å². The van der Waals surface area contributed by atoms with Gasteiger partial charge < -0.3 is 9.13 Å². The van der Waals surface area contributed by atoms with Crippen LogP contribution in [-0.4, -0.2) is 23.7 Å². The largest absolute Gasteiger partial charge is 0.334 e. The van der Waals surface area contributed by atoms with E-state index in [1.807, 2.05) is 42.5 Å². The molecule has 0 bridgehead atoms. The van der Waals surface area contributed by atoms with Crippen LogP contribution in [0.15, 0.2) is 116 Å². The first-order valence-corrected chi connectivity index (χ1v) is 15.5. The van der Waals surface area contributed by atoms with Gasteiger partial charge in [-0.3, -0.25) is 4.57 Å². The second-order valence-electron chi connectivity index (χ2n) is 11.5. The lowest BCUT2D eigenvalue weighted by molar-refractivity contribution is 0.696. The fraction of sp³-hybridized carbons (Fsp3) is 0.0476. The van der Waals surface area contributed by atoms with Gasteiger partial charge in [-0.1, -0.05) is 105 Å². The molecule has 4 aromatic heterocycles. The molecule has 47 heavy (non-hydrogen) atoms. The Morgan fingerprint density at radius 1 is 0.745 bits per heavy atom. The summed E-state index contributed by atoms with van der Waals surface area (Å²) in [5.41, 5.74) is 12.4. The Hall–Kier alpha value is -6.38. The van der Waals surface area contributed by atoms with Gasteiger partial charge in [0.05, 0.1) is 40.4 Å². The van der Waals surface area contributed by atoms with E-state index in [2.05, 4.69) is 124 Å². The van der Waals surface area contributed by atoms with E-state index in [9.17, 15) is 0 Å². The molecule has 0 unspecified atom stereocenters. The quantitative estimate of drug-likeness (QED) is 0.200. The maximum Gasteiger partial charge on any atom is 0.150 e. The average molecular weight is 606 g/mol. The summed E-state index contributed by atoms with van der Waals surface area (Å²) in [6.07, 6.45) is 11.5. The van der Waals surface area contributed by atoms with Crippen molar-refractivity contribution in [1.29, 1.82) is 0 Å². The zero-order chi connectivity index (χ0) is 32.1. The van der Waals surface area contributed by atoms with Gasteiger partial charge >= 0.3 is 0 Å². The van der Waals surface area contributed by atoms with Crippen molar-refractivity contribution >= 4 is 69.3 Å². The Balaban J connectivity index is 1.40. The van der Waals surface area contributed by atoms with Gasteiger partial charge in [0.2, 0.25) is 0 Å². The van der Waals surface area contributed by atoms with E-state index in [0.29, 0.717) is 18.9 Å². The summed E-state index contributed by atoms with van der Waals surface area (Å²) in [6, 6.07) is 27.4. The Morgan fingerprint density at radius 2 is 1.43 bits per heavy atom. The lowest BCUT2D eigenvalue weighted by Crippen LogP contribution is -2.31. The average Bonchev–Trinajstić information content (AvgIpc) is 3.70. The number of hydrogen-bond acceptors (Lipinski definition) is 2. The summed E-state index contributed by atoms with van der Waals surface area (Å²) < 4.78 is 6.70. The molecule has 0 saturated heterocycles. The first-order valence-electron chi connectivity index (χ1n) is 15.5. The summed E-state index contributed by atoms with van der Waals surface area (Å²) in [5, 5.41) is 7.39. The van der Waals surface area contributed by atoms with Gasteiger partial charge in [-0.2, -0.15) is 0 Å². The number of nitrogens with zero attached hydrogens (tertiary/aromatic N) is 5. The van der Waals surface area contributed by atoms with Gasteiger partial charge in [-0.15, -0.1) is 0 Å². The molecule has 4 heterocycles. The van der Waals surface area contributed by atoms with Crippen molar-refractivity contribution in [3.05, 3.63) is 160 Å². The molecule has 224 valence electrons. The van der Waals surface area contributed by atoms with Crippen molar-refractivity contribution in [3.8, 4) is 5.82 Å². The number of hydrogen-bond donors (Lipinski definition) is 0. The summed E-state index contributed by atoms with van der Waals surface area (Å²) in [6.45, 7) is 17.6. The second-order valence-corrected chi connectivity index (χ2v) is 11.5. The molecule has 5 nitrogen and oxygen atoms in total. The van der Waals surface area contributed by atoms with E-state index >= 15 is 0 Å². The molecule has 7 aromatic rings. The SMILES string of the molecule is C=C/C=c1\c(=C)c2ccccc2n1Cc1cc(-n2c3ccccc3c3ccccc32)nc(Cn2c(C=C)c(C=C)c3c2=CC=C=C=3)n1. The van der Waals surface area contributed by atoms with E-state index in [4.69, 9.17) is 9.97 Å². The molecule has 0 N–H and O–H groups in total. The highest BCUT2D eigenvalue weighted by Crippen LogP contribution is 2.31. The summed E-state index contributed by atoms with van der Waals surface area (Å²) in [4.78, 5) is 10.5. The fourth-order valence-corrected chi connectivity index (χ4v) is 6.96. The number of para-hydroxylation sites is 3. The van der Waals surface area contributed by atoms with Crippen LogP contribution in [0.25, 0.3) is 75.1 Å². The van der Waals surface area contributed by atoms with Crippen LogP contribution in [0, 0.1) is 0 Å². The fourth-order valence-electron chi connectivity index (χ4n) is 6.96. The van der Waals surface area contributed by atoms with Gasteiger partial charge in [0, 0.05) is 49.6 Å². The third kappa shape index (κ3) is 4.42. The highest BCUT2D eigenvalue weighted by Gasteiger charge is 2.18. The summed E-state index contributed by atoms with van der Waals surface area (Å²) in [5.74, 6) is 1.49. The van der Waals surface area contributed by atoms with Crippen molar-refractivity contribution in [2.45, 2.75) is 13.1 Å². The molecule has 0 aliphatic heterocycles. The third-order valence-corrected chi connectivity index (χ3v) is 8.94. The summed E-state index contributed by atoms with van der Waals surface area (Å²) >= 11 is 0. The molecule has 0 atom stereocenters. The smallest absolute Gasteiger partial charge is 0.150 e. The zero-order valence-electron chi connectivity index (χ0n) is 25.9. The molecule has 0 saturated carbocycles. The van der Waals surface area contributed by atoms with Gasteiger partial charge in [-0.05, 0) is 42.5 Å². The molecule has 3 aromatic carbocycles. The molecule has 0 fully saturated rings. The number of fused-ring (bicyclic) bond motifs is 5. The van der Waals surface area contributed by atoms with Crippen LogP contribution >= 0.6 is 0 Å². The van der Waals surface area contributed by atoms with Gasteiger partial charge in [0.15, 0.2) is 5.82 Å². The molecule has 8 rings (SSSR count). The second kappa shape index (κ2) is 11.2. The van der Waals surface area contributed by atoms with Crippen LogP contribution in [0.1, 0.15) is 22.8 Å². The van der Waals surface area contributed by atoms with Gasteiger partial charge in [0.25, 0.3) is 0 Å². The summed E-state index contributed by atoms with van der Waals surface area (Å²) in [7, 11) is 0. The van der Waals surface area contributed by atoms with Crippen molar-refractivity contribution in [3.63, 3.8) is 0 Å². The Morgan fingerprint density at radius 3 is 2.11 bits per heavy atom. The van der Waals surface area contributed by atoms with Crippen molar-refractivity contribution in [1.82, 2.24) is 23.7 Å². The zero-order valence-corrected chi connectivity index (χ0v) is 25.9. The van der Waals surface area contributed by atoms with Crippen LogP contribution in [0.2, 0.25) is 0 Å². The topological polar surface area (TPSA) is 40.6 Å². The van der Waals surface area contributed by atoms with Gasteiger partial charge in [0.1, 0.15) is 5.82 Å². The van der Waals surface area contributed by atoms with E-state index in [1.165, 1.54) is 10.8 Å². The number of benzene rings is 3. The molecule has 0 radical (unpaired) electrons. The van der Waals surface area contributed by atoms with Crippen LogP contribution in [-0.2, 0) is 13.1 Å². The van der Waals surface area contributed by atoms with E-state index in [-0.39, 0.29) is 0 Å². The number of aromatic nitrogens is 5. The Bertz CT molecular complexity index is 2730. The maximum atomic E-state index is 5.26. The molecule has 5 heteroatoms. The van der Waals surface area contributed by atoms with E-state index in [0.717, 1.165) is 65.8 Å². The van der Waals surface area contributed by atoms with Crippen molar-refractivity contribution in [2.75, 3.05) is 0 Å². The monoisotopic (exact) mass is 605 g/mol. The first-order chi connectivity index (χ1) is 23.1. The molecule has 1 aliphatic rings. The number of allylic oxidation sites excluding steroid dienone is 2. The minimum absolute atomic E-state index is 0.431. The van der Waals surface area contributed by atoms with E-state index in [1.54, 1.807) is 0 Å². The minimum Gasteiger partial charge on any atom is -0.334 e. The molecule has 0 amide bonds. The Labute approximate surface area is 271 Å². The third-order valence-electron chi connectivity index (χ3n) is 8.94. The van der Waals surface area contributed by atoms with E-state index < -0.39 is 0 Å². The highest BCUT2D eigenvalue weighted by molar-refractivity contribution is 6.09. The normalized spacial score (nSPS) is 12.4. The van der Waals surface area contributed by atoms with Crippen molar-refractivity contribution < 1.29 is 0 Å². The standard InChI is InChI=1S/C42H31N5/c1-5-16-36-28(4)31-17-8-12-21-37(31)45(36)26-29-25-42(47-39-23-14-10-19-33(39)34-20-11-15-24-40(34)47)44-41(43-29)27-46-35(7-3)30(6-2)32-18-9-13-22-38(32)46/h5-8,10-17,19-25H,1-4,26-27H2/b36-16+. The van der Waals surface area contributed by atoms with Crippen LogP contribution < -0.4 is 21.1 Å².